The van der Waals surface area contributed by atoms with Crippen LogP contribution in [0.15, 0.2) is 0 Å². The molecule has 0 saturated carbocycles. The first-order valence-electron chi connectivity index (χ1n) is 6.44. The van der Waals surface area contributed by atoms with E-state index < -0.39 is 0 Å². The molecule has 16 heavy (non-hydrogen) atoms. The number of carbonyl (C=O) groups is 2. The number of quaternary nitrogens is 1. The number of hydrogen-bond acceptors (Lipinski definition) is 2. The van der Waals surface area contributed by atoms with Gasteiger partial charge in [-0.25, -0.2) is 0 Å². The van der Waals surface area contributed by atoms with Gasteiger partial charge in [-0.05, 0) is 32.1 Å². The van der Waals surface area contributed by atoms with Gasteiger partial charge in [0.2, 0.25) is 5.91 Å². The van der Waals surface area contributed by atoms with E-state index in [-0.39, 0.29) is 11.8 Å². The third-order valence-corrected chi connectivity index (χ3v) is 3.59. The monoisotopic (exact) mass is 225 g/mol. The topological polar surface area (TPSA) is 41.8 Å². The van der Waals surface area contributed by atoms with E-state index in [2.05, 4.69) is 0 Å². The Kier molecular flexibility index (Phi) is 3.93. The molecule has 4 heteroatoms. The Bertz CT molecular complexity index is 270. The highest BCUT2D eigenvalue weighted by Gasteiger charge is 2.29. The highest BCUT2D eigenvalue weighted by atomic mass is 16.2. The molecule has 2 aliphatic rings. The predicted octanol–water partition coefficient (Wildman–Crippen LogP) is -0.406. The quantitative estimate of drug-likeness (QED) is 0.694. The zero-order valence-corrected chi connectivity index (χ0v) is 9.83. The molecular weight excluding hydrogens is 204 g/mol. The van der Waals surface area contributed by atoms with Gasteiger partial charge in [0.05, 0.1) is 13.1 Å². The fourth-order valence-electron chi connectivity index (χ4n) is 2.63. The van der Waals surface area contributed by atoms with E-state index in [1.807, 2.05) is 0 Å². The number of nitrogens with one attached hydrogen (secondary N) is 1. The Morgan fingerprint density at radius 2 is 1.81 bits per heavy atom. The second-order valence-electron chi connectivity index (χ2n) is 4.88. The first kappa shape index (κ1) is 11.6. The zero-order chi connectivity index (χ0) is 11.4. The van der Waals surface area contributed by atoms with Crippen LogP contribution in [-0.2, 0) is 9.59 Å². The summed E-state index contributed by atoms with van der Waals surface area (Å²) >= 11 is 0. The summed E-state index contributed by atoms with van der Waals surface area (Å²) < 4.78 is 0. The molecule has 0 unspecified atom stereocenters. The second kappa shape index (κ2) is 5.43. The molecule has 0 aliphatic carbocycles. The highest BCUT2D eigenvalue weighted by Crippen LogP contribution is 2.08. The van der Waals surface area contributed by atoms with Crippen molar-refractivity contribution in [3.05, 3.63) is 0 Å². The molecule has 2 aliphatic heterocycles. The summed E-state index contributed by atoms with van der Waals surface area (Å²) in [5.41, 5.74) is 0. The minimum atomic E-state index is 0.0271. The third kappa shape index (κ3) is 2.82. The molecule has 1 N–H and O–H groups in total. The number of rotatable bonds is 2. The van der Waals surface area contributed by atoms with Crippen molar-refractivity contribution < 1.29 is 14.5 Å². The summed E-state index contributed by atoms with van der Waals surface area (Å²) in [5.74, 6) is 0.0682. The standard InChI is InChI=1S/C12H20N2O2/c15-11-6-5-9-14(11)12(16)10-13-7-3-1-2-4-8-13/h1-10H2/p+1. The summed E-state index contributed by atoms with van der Waals surface area (Å²) in [6, 6.07) is 0. The van der Waals surface area contributed by atoms with Gasteiger partial charge in [0.15, 0.2) is 6.54 Å². The Balaban J connectivity index is 1.83. The van der Waals surface area contributed by atoms with Crippen molar-refractivity contribution >= 4 is 11.8 Å². The molecule has 0 radical (unpaired) electrons. The molecule has 0 aromatic rings. The van der Waals surface area contributed by atoms with Crippen LogP contribution in [0.1, 0.15) is 38.5 Å². The van der Waals surface area contributed by atoms with Crippen LogP contribution in [0.4, 0.5) is 0 Å². The van der Waals surface area contributed by atoms with Crippen LogP contribution in [0.2, 0.25) is 0 Å². The maximum atomic E-state index is 11.9. The van der Waals surface area contributed by atoms with Gasteiger partial charge in [-0.2, -0.15) is 0 Å². The van der Waals surface area contributed by atoms with E-state index in [1.54, 1.807) is 0 Å². The van der Waals surface area contributed by atoms with Crippen LogP contribution in [0.3, 0.4) is 0 Å². The first-order valence-corrected chi connectivity index (χ1v) is 6.44. The molecule has 4 nitrogen and oxygen atoms in total. The van der Waals surface area contributed by atoms with Gasteiger partial charge in [-0.15, -0.1) is 0 Å². The van der Waals surface area contributed by atoms with Crippen LogP contribution in [0.25, 0.3) is 0 Å². The lowest BCUT2D eigenvalue weighted by atomic mass is 10.2. The smallest absolute Gasteiger partial charge is 0.284 e. The lowest BCUT2D eigenvalue weighted by molar-refractivity contribution is -0.891. The van der Waals surface area contributed by atoms with Crippen molar-refractivity contribution in [2.75, 3.05) is 26.2 Å². The van der Waals surface area contributed by atoms with Crippen molar-refractivity contribution in [2.45, 2.75) is 38.5 Å². The summed E-state index contributed by atoms with van der Waals surface area (Å²) in [5, 5.41) is 0. The van der Waals surface area contributed by atoms with Gasteiger partial charge < -0.3 is 4.90 Å². The lowest BCUT2D eigenvalue weighted by Gasteiger charge is -2.19. The van der Waals surface area contributed by atoms with Gasteiger partial charge >= 0.3 is 0 Å². The summed E-state index contributed by atoms with van der Waals surface area (Å²) in [4.78, 5) is 26.2. The number of imide groups is 1. The number of carbonyl (C=O) groups excluding carboxylic acids is 2. The predicted molar refractivity (Wildman–Crippen MR) is 60.0 cm³/mol. The van der Waals surface area contributed by atoms with Crippen LogP contribution < -0.4 is 4.90 Å². The third-order valence-electron chi connectivity index (χ3n) is 3.59. The fourth-order valence-corrected chi connectivity index (χ4v) is 2.63. The molecule has 0 aromatic carbocycles. The van der Waals surface area contributed by atoms with Gasteiger partial charge in [-0.1, -0.05) is 0 Å². The van der Waals surface area contributed by atoms with Crippen molar-refractivity contribution in [3.8, 4) is 0 Å². The molecule has 2 rings (SSSR count). The highest BCUT2D eigenvalue weighted by molar-refractivity contribution is 5.97. The molecule has 90 valence electrons. The first-order chi connectivity index (χ1) is 7.77. The molecule has 2 saturated heterocycles. The number of hydrogen-bond donors (Lipinski definition) is 1. The molecule has 2 heterocycles. The van der Waals surface area contributed by atoms with Crippen molar-refractivity contribution in [2.24, 2.45) is 0 Å². The number of nitrogens with zero attached hydrogens (tertiary/aromatic N) is 1. The Morgan fingerprint density at radius 3 is 2.38 bits per heavy atom. The summed E-state index contributed by atoms with van der Waals surface area (Å²) in [7, 11) is 0. The average molecular weight is 225 g/mol. The minimum Gasteiger partial charge on any atom is -0.327 e. The van der Waals surface area contributed by atoms with E-state index >= 15 is 0 Å². The largest absolute Gasteiger partial charge is 0.327 e. The van der Waals surface area contributed by atoms with E-state index in [9.17, 15) is 9.59 Å². The van der Waals surface area contributed by atoms with Gasteiger partial charge in [0.25, 0.3) is 5.91 Å². The van der Waals surface area contributed by atoms with Crippen LogP contribution >= 0.6 is 0 Å². The maximum Gasteiger partial charge on any atom is 0.284 e. The maximum absolute atomic E-state index is 11.9. The SMILES string of the molecule is O=C1CCCN1C(=O)C[NH+]1CCCCCC1. The molecule has 0 atom stereocenters. The molecule has 2 fully saturated rings. The fraction of sp³-hybridized carbons (Fsp3) is 0.833. The molecular formula is C12H21N2O2+. The normalized spacial score (nSPS) is 23.5. The molecule has 0 spiro atoms. The second-order valence-corrected chi connectivity index (χ2v) is 4.88. The van der Waals surface area contributed by atoms with Crippen LogP contribution in [0, 0.1) is 0 Å². The Labute approximate surface area is 96.6 Å². The van der Waals surface area contributed by atoms with Gasteiger partial charge in [0.1, 0.15) is 0 Å². The van der Waals surface area contributed by atoms with E-state index in [0.717, 1.165) is 19.5 Å². The van der Waals surface area contributed by atoms with Gasteiger partial charge in [-0.3, -0.25) is 14.5 Å². The molecule has 0 bridgehead atoms. The summed E-state index contributed by atoms with van der Waals surface area (Å²) in [6.07, 6.45) is 6.43. The molecule has 2 amide bonds. The molecule has 0 aromatic heterocycles. The van der Waals surface area contributed by atoms with Crippen molar-refractivity contribution in [1.82, 2.24) is 4.90 Å². The van der Waals surface area contributed by atoms with E-state index in [4.69, 9.17) is 0 Å². The minimum absolute atomic E-state index is 0.0271. The lowest BCUT2D eigenvalue weighted by Crippen LogP contribution is -3.13. The number of likely N-dealkylation sites (tertiary alicyclic amines) is 2. The van der Waals surface area contributed by atoms with Crippen LogP contribution in [-0.4, -0.2) is 42.9 Å². The van der Waals surface area contributed by atoms with Crippen molar-refractivity contribution in [1.29, 1.82) is 0 Å². The van der Waals surface area contributed by atoms with Crippen LogP contribution in [0.5, 0.6) is 0 Å². The van der Waals surface area contributed by atoms with E-state index in [0.29, 0.717) is 19.5 Å². The van der Waals surface area contributed by atoms with Crippen molar-refractivity contribution in [3.63, 3.8) is 0 Å². The van der Waals surface area contributed by atoms with E-state index in [1.165, 1.54) is 35.5 Å². The summed E-state index contributed by atoms with van der Waals surface area (Å²) in [6.45, 7) is 3.35. The zero-order valence-electron chi connectivity index (χ0n) is 9.83. The number of amides is 2. The Morgan fingerprint density at radius 1 is 1.12 bits per heavy atom. The Hall–Kier alpha value is -0.900. The average Bonchev–Trinajstić information content (AvgIpc) is 2.53. The van der Waals surface area contributed by atoms with Gasteiger partial charge in [0, 0.05) is 13.0 Å².